The number of carboxylic acid groups (broad SMARTS) is 1. The van der Waals surface area contributed by atoms with E-state index in [1.807, 2.05) is 53.5 Å². The average Bonchev–Trinajstić information content (AvgIpc) is 3.02. The Labute approximate surface area is 267 Å². The lowest BCUT2D eigenvalue weighted by Gasteiger charge is -2.34. The van der Waals surface area contributed by atoms with Gasteiger partial charge >= 0.3 is 5.97 Å². The van der Waals surface area contributed by atoms with E-state index in [0.717, 1.165) is 49.4 Å². The van der Waals surface area contributed by atoms with Crippen molar-refractivity contribution in [2.75, 3.05) is 30.1 Å². The van der Waals surface area contributed by atoms with Crippen molar-refractivity contribution in [1.82, 2.24) is 5.43 Å². The Bertz CT molecular complexity index is 1540. The number of rotatable bonds is 10. The number of hydrogen-bond acceptors (Lipinski definition) is 5. The van der Waals surface area contributed by atoms with Crippen molar-refractivity contribution in [2.45, 2.75) is 32.1 Å². The summed E-state index contributed by atoms with van der Waals surface area (Å²) in [5.41, 5.74) is 9.00. The molecule has 1 heterocycles. The van der Waals surface area contributed by atoms with E-state index in [9.17, 15) is 14.7 Å². The van der Waals surface area contributed by atoms with Gasteiger partial charge in [-0.2, -0.15) is 0 Å². The van der Waals surface area contributed by atoms with Gasteiger partial charge in [0.15, 0.2) is 0 Å². The second-order valence-corrected chi connectivity index (χ2v) is 11.2. The number of anilines is 3. The monoisotopic (exact) mass is 663 g/mol. The third-order valence-electron chi connectivity index (χ3n) is 7.45. The van der Waals surface area contributed by atoms with Crippen molar-refractivity contribution >= 4 is 57.3 Å². The second-order valence-electron chi connectivity index (χ2n) is 10.4. The van der Waals surface area contributed by atoms with Crippen LogP contribution in [0.5, 0.6) is 5.75 Å². The molecule has 1 fully saturated rings. The van der Waals surface area contributed by atoms with Gasteiger partial charge in [-0.1, -0.05) is 70.5 Å². The maximum Gasteiger partial charge on any atom is 0.339 e. The number of hydrogen-bond donors (Lipinski definition) is 2. The summed E-state index contributed by atoms with van der Waals surface area (Å²) in [6, 6.07) is 29.8. The van der Waals surface area contributed by atoms with Crippen LogP contribution in [0.15, 0.2) is 95.5 Å². The number of nitrogens with one attached hydrogen (secondary N) is 1. The van der Waals surface area contributed by atoms with E-state index in [-0.39, 0.29) is 36.0 Å². The normalized spacial score (nSPS) is 12.7. The Hall–Kier alpha value is -4.01. The van der Waals surface area contributed by atoms with Gasteiger partial charge in [0, 0.05) is 17.6 Å². The molecule has 1 amide bonds. The first kappa shape index (κ1) is 31.9. The number of aromatic carboxylic acids is 1. The van der Waals surface area contributed by atoms with Crippen LogP contribution in [0.4, 0.5) is 17.1 Å². The van der Waals surface area contributed by atoms with Gasteiger partial charge in [0.1, 0.15) is 11.3 Å². The quantitative estimate of drug-likeness (QED) is 0.170. The molecule has 0 atom stereocenters. The fraction of sp³-hybridized carbons (Fsp3) is 0.235. The smallest absolute Gasteiger partial charge is 0.339 e. The summed E-state index contributed by atoms with van der Waals surface area (Å²) >= 11 is 3.44. The van der Waals surface area contributed by atoms with E-state index in [0.29, 0.717) is 10.0 Å². The van der Waals surface area contributed by atoms with E-state index in [1.54, 1.807) is 6.07 Å². The van der Waals surface area contributed by atoms with Crippen LogP contribution in [0.1, 0.15) is 46.3 Å². The molecule has 0 bridgehead atoms. The minimum absolute atomic E-state index is 0. The summed E-state index contributed by atoms with van der Waals surface area (Å²) < 4.78 is 5.82. The molecule has 1 saturated heterocycles. The van der Waals surface area contributed by atoms with Crippen molar-refractivity contribution in [3.63, 3.8) is 0 Å². The first-order valence-electron chi connectivity index (χ1n) is 14.1. The Morgan fingerprint density at radius 2 is 1.56 bits per heavy atom. The van der Waals surface area contributed by atoms with Crippen molar-refractivity contribution in [3.8, 4) is 5.75 Å². The minimum atomic E-state index is -1.10. The van der Waals surface area contributed by atoms with Crippen LogP contribution in [0, 0.1) is 0 Å². The molecule has 43 heavy (non-hydrogen) atoms. The molecule has 0 aliphatic carbocycles. The lowest BCUT2D eigenvalue weighted by molar-refractivity contribution is -0.120. The van der Waals surface area contributed by atoms with E-state index in [4.69, 9.17) is 4.74 Å². The summed E-state index contributed by atoms with van der Waals surface area (Å²) in [7, 11) is 1.42. The van der Waals surface area contributed by atoms with Crippen LogP contribution in [0.2, 0.25) is 0 Å². The first-order chi connectivity index (χ1) is 20.4. The maximum absolute atomic E-state index is 13.6. The molecule has 1 aliphatic heterocycles. The van der Waals surface area contributed by atoms with Gasteiger partial charge in [0.25, 0.3) is 0 Å². The van der Waals surface area contributed by atoms with E-state index in [1.165, 1.54) is 30.7 Å². The van der Waals surface area contributed by atoms with Crippen molar-refractivity contribution in [2.24, 2.45) is 0 Å². The summed E-state index contributed by atoms with van der Waals surface area (Å²) in [6.07, 6.45) is 4.33. The number of hydrazine groups is 1. The lowest BCUT2D eigenvalue weighted by atomic mass is 10.0. The van der Waals surface area contributed by atoms with Gasteiger partial charge in [-0.25, -0.2) is 4.79 Å². The SMILES string of the molecule is COc1cc(CC(=O)NN(c2ccc(Cc3ccccc3)cc2)c2ccccc2N2CCCCC2)c(Br)cc1C(=O)O.Cl. The fourth-order valence-electron chi connectivity index (χ4n) is 5.32. The van der Waals surface area contributed by atoms with Crippen LogP contribution in [0.25, 0.3) is 0 Å². The molecule has 224 valence electrons. The molecule has 0 radical (unpaired) electrons. The number of benzene rings is 4. The number of nitrogens with zero attached hydrogens (tertiary/aromatic N) is 2. The maximum atomic E-state index is 13.6. The van der Waals surface area contributed by atoms with Crippen LogP contribution in [0.3, 0.4) is 0 Å². The van der Waals surface area contributed by atoms with Crippen LogP contribution in [-0.2, 0) is 17.6 Å². The number of methoxy groups -OCH3 is 1. The number of carbonyl (C=O) groups is 2. The van der Waals surface area contributed by atoms with E-state index in [2.05, 4.69) is 56.6 Å². The van der Waals surface area contributed by atoms with Crippen molar-refractivity contribution in [1.29, 1.82) is 0 Å². The summed E-state index contributed by atoms with van der Waals surface area (Å²) in [4.78, 5) is 27.6. The number of halogens is 2. The molecule has 5 rings (SSSR count). The fourth-order valence-corrected chi connectivity index (χ4v) is 5.80. The van der Waals surface area contributed by atoms with Crippen LogP contribution >= 0.6 is 28.3 Å². The zero-order chi connectivity index (χ0) is 29.5. The molecule has 1 aliphatic rings. The van der Waals surface area contributed by atoms with Crippen molar-refractivity contribution < 1.29 is 19.4 Å². The number of carboxylic acids is 1. The van der Waals surface area contributed by atoms with E-state index < -0.39 is 5.97 Å². The Morgan fingerprint density at radius 1 is 0.907 bits per heavy atom. The molecule has 0 spiro atoms. The topological polar surface area (TPSA) is 82.1 Å². The van der Waals surface area contributed by atoms with Gasteiger partial charge in [0.2, 0.25) is 5.91 Å². The highest BCUT2D eigenvalue weighted by Gasteiger charge is 2.22. The highest BCUT2D eigenvalue weighted by Crippen LogP contribution is 2.35. The zero-order valence-corrected chi connectivity index (χ0v) is 26.4. The molecule has 2 N–H and O–H groups in total. The molecular weight excluding hydrogens is 630 g/mol. The molecule has 0 aromatic heterocycles. The number of ether oxygens (including phenoxy) is 1. The van der Waals surface area contributed by atoms with Crippen LogP contribution < -0.4 is 20.1 Å². The third-order valence-corrected chi connectivity index (χ3v) is 8.19. The molecule has 4 aromatic carbocycles. The number of amides is 1. The van der Waals surface area contributed by atoms with Gasteiger partial charge in [-0.05, 0) is 78.8 Å². The average molecular weight is 665 g/mol. The van der Waals surface area contributed by atoms with Gasteiger partial charge < -0.3 is 14.7 Å². The zero-order valence-electron chi connectivity index (χ0n) is 24.0. The van der Waals surface area contributed by atoms with Gasteiger partial charge in [-0.3, -0.25) is 15.2 Å². The number of para-hydroxylation sites is 2. The predicted octanol–water partition coefficient (Wildman–Crippen LogP) is 7.57. The minimum Gasteiger partial charge on any atom is -0.496 e. The van der Waals surface area contributed by atoms with Crippen molar-refractivity contribution in [3.05, 3.63) is 118 Å². The molecule has 4 aromatic rings. The Balaban J connectivity index is 0.00000423. The van der Waals surface area contributed by atoms with Crippen LogP contribution in [-0.4, -0.2) is 37.2 Å². The van der Waals surface area contributed by atoms with Gasteiger partial charge in [-0.15, -0.1) is 12.4 Å². The highest BCUT2D eigenvalue weighted by atomic mass is 79.9. The highest BCUT2D eigenvalue weighted by molar-refractivity contribution is 9.10. The summed E-state index contributed by atoms with van der Waals surface area (Å²) in [5.74, 6) is -1.14. The largest absolute Gasteiger partial charge is 0.496 e. The molecule has 7 nitrogen and oxygen atoms in total. The molecule has 0 unspecified atom stereocenters. The molecular formula is C34H35BrClN3O4. The Morgan fingerprint density at radius 3 is 2.23 bits per heavy atom. The summed E-state index contributed by atoms with van der Waals surface area (Å²) in [5, 5.41) is 11.4. The van der Waals surface area contributed by atoms with Gasteiger partial charge in [0.05, 0.1) is 30.6 Å². The lowest BCUT2D eigenvalue weighted by Crippen LogP contribution is -2.41. The first-order valence-corrected chi connectivity index (χ1v) is 14.9. The number of piperidine rings is 1. The number of carbonyl (C=O) groups excluding carboxylic acids is 1. The van der Waals surface area contributed by atoms with E-state index >= 15 is 0 Å². The Kier molecular flexibility index (Phi) is 11.1. The molecule has 0 saturated carbocycles. The predicted molar refractivity (Wildman–Crippen MR) is 177 cm³/mol. The molecule has 9 heteroatoms. The summed E-state index contributed by atoms with van der Waals surface area (Å²) in [6.45, 7) is 1.94. The third kappa shape index (κ3) is 7.89. The second kappa shape index (κ2) is 14.9. The standard InChI is InChI=1S/C34H34BrN3O4.ClH/c1-42-32-21-26(29(35)23-28(32)34(40)41)22-33(39)36-38(31-13-7-6-12-30(31)37-18-8-3-9-19-37)27-16-14-25(15-17-27)20-24-10-4-2-5-11-24;/h2,4-7,10-17,21,23H,3,8-9,18-20,22H2,1H3,(H,36,39)(H,40,41);1H.